The van der Waals surface area contributed by atoms with Crippen LogP contribution in [-0.4, -0.2) is 19.7 Å². The minimum Gasteiger partial charge on any atom is -0.339 e. The number of hydrogen-bond donors (Lipinski definition) is 1. The minimum absolute atomic E-state index is 0.658. The number of imidazole rings is 1. The molecule has 6 heteroatoms. The van der Waals surface area contributed by atoms with Gasteiger partial charge >= 0.3 is 0 Å². The molecule has 0 aliphatic heterocycles. The smallest absolute Gasteiger partial charge is 0.160 e. The van der Waals surface area contributed by atoms with Crippen molar-refractivity contribution in [2.75, 3.05) is 5.32 Å². The highest BCUT2D eigenvalue weighted by Gasteiger charge is 2.00. The van der Waals surface area contributed by atoms with Gasteiger partial charge in [0.15, 0.2) is 11.6 Å². The van der Waals surface area contributed by atoms with Gasteiger partial charge in [0.25, 0.3) is 0 Å². The van der Waals surface area contributed by atoms with Gasteiger partial charge in [0.05, 0.1) is 0 Å². The summed E-state index contributed by atoms with van der Waals surface area (Å²) >= 11 is 5.92. The average Bonchev–Trinajstić information content (AvgIpc) is 2.94. The average molecular weight is 272 g/mol. The Morgan fingerprint density at radius 3 is 2.74 bits per heavy atom. The summed E-state index contributed by atoms with van der Waals surface area (Å²) in [6, 6.07) is 11.1. The fraction of sp³-hybridized carbons (Fsp3) is 0. The van der Waals surface area contributed by atoms with Gasteiger partial charge in [-0.25, -0.2) is 4.98 Å². The van der Waals surface area contributed by atoms with Crippen molar-refractivity contribution in [1.29, 1.82) is 0 Å². The summed E-state index contributed by atoms with van der Waals surface area (Å²) in [4.78, 5) is 3.96. The van der Waals surface area contributed by atoms with Gasteiger partial charge in [0, 0.05) is 23.1 Å². The quantitative estimate of drug-likeness (QED) is 0.795. The van der Waals surface area contributed by atoms with Gasteiger partial charge in [-0.2, -0.15) is 0 Å². The number of hydrogen-bond acceptors (Lipinski definition) is 4. The van der Waals surface area contributed by atoms with Crippen molar-refractivity contribution >= 4 is 23.1 Å². The zero-order valence-electron chi connectivity index (χ0n) is 9.86. The molecule has 2 heterocycles. The van der Waals surface area contributed by atoms with Gasteiger partial charge in [0.1, 0.15) is 6.33 Å². The largest absolute Gasteiger partial charge is 0.339 e. The van der Waals surface area contributed by atoms with Crippen LogP contribution < -0.4 is 5.32 Å². The Morgan fingerprint density at radius 2 is 2.05 bits per heavy atom. The van der Waals surface area contributed by atoms with Gasteiger partial charge in [-0.15, -0.1) is 10.2 Å². The molecule has 0 spiro atoms. The van der Waals surface area contributed by atoms with E-state index >= 15 is 0 Å². The number of anilines is 2. The normalized spacial score (nSPS) is 10.4. The fourth-order valence-corrected chi connectivity index (χ4v) is 1.83. The molecule has 3 rings (SSSR count). The third-order valence-corrected chi connectivity index (χ3v) is 2.75. The summed E-state index contributed by atoms with van der Waals surface area (Å²) in [7, 11) is 0. The molecule has 0 amide bonds. The molecule has 0 atom stereocenters. The molecule has 0 saturated heterocycles. The second-order valence-electron chi connectivity index (χ2n) is 3.88. The van der Waals surface area contributed by atoms with Gasteiger partial charge in [0.2, 0.25) is 0 Å². The first-order valence-corrected chi connectivity index (χ1v) is 6.04. The van der Waals surface area contributed by atoms with E-state index in [0.717, 1.165) is 5.69 Å². The highest BCUT2D eigenvalue weighted by atomic mass is 35.5. The Hall–Kier alpha value is -2.40. The molecule has 19 heavy (non-hydrogen) atoms. The van der Waals surface area contributed by atoms with Crippen molar-refractivity contribution in [3.63, 3.8) is 0 Å². The Kier molecular flexibility index (Phi) is 3.12. The lowest BCUT2D eigenvalue weighted by Gasteiger charge is -2.06. The third kappa shape index (κ3) is 2.71. The highest BCUT2D eigenvalue weighted by molar-refractivity contribution is 6.30. The Balaban J connectivity index is 1.80. The zero-order chi connectivity index (χ0) is 13.1. The number of nitrogens with one attached hydrogen (secondary N) is 1. The van der Waals surface area contributed by atoms with Crippen molar-refractivity contribution in [2.24, 2.45) is 0 Å². The van der Waals surface area contributed by atoms with E-state index in [4.69, 9.17) is 11.6 Å². The predicted octanol–water partition coefficient (Wildman–Crippen LogP) is 3.06. The van der Waals surface area contributed by atoms with Gasteiger partial charge in [-0.1, -0.05) is 17.7 Å². The van der Waals surface area contributed by atoms with Crippen LogP contribution in [0.3, 0.4) is 0 Å². The topological polar surface area (TPSA) is 55.6 Å². The van der Waals surface area contributed by atoms with Crippen LogP contribution in [0.4, 0.5) is 11.5 Å². The molecule has 3 aromatic rings. The molecule has 94 valence electrons. The first-order valence-electron chi connectivity index (χ1n) is 5.66. The number of rotatable bonds is 3. The maximum absolute atomic E-state index is 5.92. The fourth-order valence-electron chi connectivity index (χ4n) is 1.64. The molecule has 0 bridgehead atoms. The van der Waals surface area contributed by atoms with Crippen molar-refractivity contribution < 1.29 is 0 Å². The van der Waals surface area contributed by atoms with E-state index in [1.165, 1.54) is 0 Å². The maximum Gasteiger partial charge on any atom is 0.160 e. The van der Waals surface area contributed by atoms with Crippen LogP contribution in [0.5, 0.6) is 0 Å². The molecule has 0 fully saturated rings. The van der Waals surface area contributed by atoms with Gasteiger partial charge < -0.3 is 5.32 Å². The standard InChI is InChI=1S/C13H10ClN5/c14-10-2-1-3-11(8-10)16-12-4-5-13(18-17-12)19-7-6-15-9-19/h1-9H,(H,16,17). The summed E-state index contributed by atoms with van der Waals surface area (Å²) in [6.45, 7) is 0. The van der Waals surface area contributed by atoms with Crippen molar-refractivity contribution in [3.05, 3.63) is 60.1 Å². The Bertz CT molecular complexity index is 664. The van der Waals surface area contributed by atoms with E-state index in [9.17, 15) is 0 Å². The third-order valence-electron chi connectivity index (χ3n) is 2.52. The van der Waals surface area contributed by atoms with Crippen LogP contribution in [0.2, 0.25) is 5.02 Å². The number of halogens is 1. The lowest BCUT2D eigenvalue weighted by atomic mass is 10.3. The molecular formula is C13H10ClN5. The van der Waals surface area contributed by atoms with Gasteiger partial charge in [-0.3, -0.25) is 4.57 Å². The second-order valence-corrected chi connectivity index (χ2v) is 4.32. The second kappa shape index (κ2) is 5.07. The SMILES string of the molecule is Clc1cccc(Nc2ccc(-n3ccnc3)nn2)c1. The summed E-state index contributed by atoms with van der Waals surface area (Å²) in [5, 5.41) is 12.0. The van der Waals surface area contributed by atoms with E-state index in [2.05, 4.69) is 20.5 Å². The molecule has 0 saturated carbocycles. The summed E-state index contributed by atoms with van der Waals surface area (Å²) < 4.78 is 1.79. The Labute approximate surface area is 114 Å². The summed E-state index contributed by atoms with van der Waals surface area (Å²) in [5.41, 5.74) is 0.872. The van der Waals surface area contributed by atoms with Crippen molar-refractivity contribution in [2.45, 2.75) is 0 Å². The molecule has 0 aliphatic rings. The van der Waals surface area contributed by atoms with Crippen LogP contribution in [0.1, 0.15) is 0 Å². The first-order chi connectivity index (χ1) is 9.31. The van der Waals surface area contributed by atoms with E-state index in [1.807, 2.05) is 42.6 Å². The number of benzene rings is 1. The van der Waals surface area contributed by atoms with Gasteiger partial charge in [-0.05, 0) is 30.3 Å². The van der Waals surface area contributed by atoms with E-state index in [1.54, 1.807) is 17.1 Å². The molecule has 0 unspecified atom stereocenters. The molecule has 5 nitrogen and oxygen atoms in total. The molecule has 1 N–H and O–H groups in total. The minimum atomic E-state index is 0.658. The van der Waals surface area contributed by atoms with Crippen molar-refractivity contribution in [1.82, 2.24) is 19.7 Å². The van der Waals surface area contributed by atoms with Crippen LogP contribution in [0.15, 0.2) is 55.1 Å². The van der Waals surface area contributed by atoms with Crippen LogP contribution in [0.25, 0.3) is 5.82 Å². The molecule has 0 aliphatic carbocycles. The van der Waals surface area contributed by atoms with Crippen LogP contribution >= 0.6 is 11.6 Å². The summed E-state index contributed by atoms with van der Waals surface area (Å²) in [6.07, 6.45) is 5.18. The monoisotopic (exact) mass is 271 g/mol. The predicted molar refractivity (Wildman–Crippen MR) is 73.9 cm³/mol. The summed E-state index contributed by atoms with van der Waals surface area (Å²) in [5.74, 6) is 1.38. The van der Waals surface area contributed by atoms with E-state index in [-0.39, 0.29) is 0 Å². The van der Waals surface area contributed by atoms with Crippen molar-refractivity contribution in [3.8, 4) is 5.82 Å². The molecular weight excluding hydrogens is 262 g/mol. The van der Waals surface area contributed by atoms with Crippen LogP contribution in [0, 0.1) is 0 Å². The highest BCUT2D eigenvalue weighted by Crippen LogP contribution is 2.18. The van der Waals surface area contributed by atoms with Crippen LogP contribution in [-0.2, 0) is 0 Å². The zero-order valence-corrected chi connectivity index (χ0v) is 10.6. The first kappa shape index (κ1) is 11.7. The maximum atomic E-state index is 5.92. The number of aromatic nitrogens is 4. The lowest BCUT2D eigenvalue weighted by molar-refractivity contribution is 0.916. The van der Waals surface area contributed by atoms with E-state index < -0.39 is 0 Å². The molecule has 2 aromatic heterocycles. The number of nitrogens with zero attached hydrogens (tertiary/aromatic N) is 4. The van der Waals surface area contributed by atoms with E-state index in [0.29, 0.717) is 16.7 Å². The molecule has 1 aromatic carbocycles. The lowest BCUT2D eigenvalue weighted by Crippen LogP contribution is -2.00. The molecule has 0 radical (unpaired) electrons. The Morgan fingerprint density at radius 1 is 1.11 bits per heavy atom.